The summed E-state index contributed by atoms with van der Waals surface area (Å²) in [5.41, 5.74) is 1.93. The van der Waals surface area contributed by atoms with Gasteiger partial charge < -0.3 is 20.9 Å². The Hall–Kier alpha value is -2.08. The van der Waals surface area contributed by atoms with E-state index in [1.165, 1.54) is 12.8 Å². The predicted molar refractivity (Wildman–Crippen MR) is 99.7 cm³/mol. The van der Waals surface area contributed by atoms with Crippen molar-refractivity contribution in [1.82, 2.24) is 10.6 Å². The molecule has 136 valence electrons. The third kappa shape index (κ3) is 4.51. The van der Waals surface area contributed by atoms with Crippen LogP contribution in [0.5, 0.6) is 0 Å². The van der Waals surface area contributed by atoms with Crippen molar-refractivity contribution >= 4 is 23.2 Å². The summed E-state index contributed by atoms with van der Waals surface area (Å²) in [7, 11) is 0. The van der Waals surface area contributed by atoms with Crippen molar-refractivity contribution in [1.29, 1.82) is 0 Å². The van der Waals surface area contributed by atoms with E-state index in [1.807, 2.05) is 25.1 Å². The number of hydrogen-bond acceptors (Lipinski definition) is 4. The highest BCUT2D eigenvalue weighted by Crippen LogP contribution is 2.23. The fourth-order valence-corrected chi connectivity index (χ4v) is 3.31. The summed E-state index contributed by atoms with van der Waals surface area (Å²) < 4.78 is 0. The van der Waals surface area contributed by atoms with Gasteiger partial charge in [0.05, 0.1) is 5.92 Å². The van der Waals surface area contributed by atoms with E-state index in [-0.39, 0.29) is 17.7 Å². The molecule has 1 aromatic rings. The number of benzene rings is 1. The minimum Gasteiger partial charge on any atom is -0.371 e. The van der Waals surface area contributed by atoms with Crippen LogP contribution in [-0.4, -0.2) is 44.0 Å². The van der Waals surface area contributed by atoms with Gasteiger partial charge in [0.25, 0.3) is 0 Å². The second-order valence-electron chi connectivity index (χ2n) is 6.94. The molecule has 2 saturated heterocycles. The highest BCUT2D eigenvalue weighted by Gasteiger charge is 2.28. The van der Waals surface area contributed by atoms with Crippen LogP contribution in [0.1, 0.15) is 32.6 Å². The quantitative estimate of drug-likeness (QED) is 0.704. The lowest BCUT2D eigenvalue weighted by atomic mass is 10.0. The van der Waals surface area contributed by atoms with Gasteiger partial charge >= 0.3 is 0 Å². The molecule has 6 nitrogen and oxygen atoms in total. The highest BCUT2D eigenvalue weighted by atomic mass is 16.2. The fraction of sp³-hybridized carbons (Fsp3) is 0.579. The third-order valence-electron chi connectivity index (χ3n) is 4.95. The second kappa shape index (κ2) is 8.34. The van der Waals surface area contributed by atoms with E-state index in [2.05, 4.69) is 26.9 Å². The van der Waals surface area contributed by atoms with Crippen molar-refractivity contribution in [3.05, 3.63) is 24.3 Å². The number of nitrogens with zero attached hydrogens (tertiary/aromatic N) is 1. The van der Waals surface area contributed by atoms with Crippen LogP contribution >= 0.6 is 0 Å². The van der Waals surface area contributed by atoms with Gasteiger partial charge in [-0.2, -0.15) is 0 Å². The Morgan fingerprint density at radius 1 is 1.28 bits per heavy atom. The molecule has 0 radical (unpaired) electrons. The predicted octanol–water partition coefficient (Wildman–Crippen LogP) is 1.73. The van der Waals surface area contributed by atoms with Crippen LogP contribution in [0.2, 0.25) is 0 Å². The monoisotopic (exact) mass is 344 g/mol. The van der Waals surface area contributed by atoms with Crippen molar-refractivity contribution in [3.8, 4) is 0 Å². The standard InChI is InChI=1S/C19H28N4O2/c1-2-6-17(22-18(24)14-12-20-13-14)19(25)21-15-7-5-8-16(11-15)23-9-3-4-10-23/h5,7-8,11,14,17,20H,2-4,6,9-10,12-13H2,1H3,(H,21,25)(H,22,24). The van der Waals surface area contributed by atoms with Crippen LogP contribution in [0.15, 0.2) is 24.3 Å². The maximum atomic E-state index is 12.6. The third-order valence-corrected chi connectivity index (χ3v) is 4.95. The summed E-state index contributed by atoms with van der Waals surface area (Å²) in [6.45, 7) is 5.56. The van der Waals surface area contributed by atoms with E-state index in [0.717, 1.165) is 30.9 Å². The number of anilines is 2. The van der Waals surface area contributed by atoms with E-state index in [9.17, 15) is 9.59 Å². The Kier molecular flexibility index (Phi) is 5.91. The summed E-state index contributed by atoms with van der Waals surface area (Å²) in [6.07, 6.45) is 3.92. The molecule has 0 spiro atoms. The Bertz CT molecular complexity index is 609. The van der Waals surface area contributed by atoms with Crippen LogP contribution in [0, 0.1) is 5.92 Å². The largest absolute Gasteiger partial charge is 0.371 e. The molecular formula is C19H28N4O2. The summed E-state index contributed by atoms with van der Waals surface area (Å²) >= 11 is 0. The van der Waals surface area contributed by atoms with Crippen molar-refractivity contribution in [2.45, 2.75) is 38.6 Å². The summed E-state index contributed by atoms with van der Waals surface area (Å²) in [5, 5.41) is 8.97. The van der Waals surface area contributed by atoms with Crippen LogP contribution < -0.4 is 20.9 Å². The lowest BCUT2D eigenvalue weighted by Gasteiger charge is -2.28. The molecule has 2 fully saturated rings. The topological polar surface area (TPSA) is 73.5 Å². The molecule has 0 saturated carbocycles. The molecule has 2 heterocycles. The Morgan fingerprint density at radius 3 is 2.68 bits per heavy atom. The van der Waals surface area contributed by atoms with Crippen LogP contribution in [0.25, 0.3) is 0 Å². The molecule has 3 N–H and O–H groups in total. The molecule has 0 bridgehead atoms. The van der Waals surface area contributed by atoms with Crippen molar-refractivity contribution in [3.63, 3.8) is 0 Å². The molecule has 1 unspecified atom stereocenters. The van der Waals surface area contributed by atoms with Gasteiger partial charge in [0.15, 0.2) is 0 Å². The molecule has 6 heteroatoms. The number of hydrogen-bond donors (Lipinski definition) is 3. The average Bonchev–Trinajstić information content (AvgIpc) is 3.07. The molecule has 0 aliphatic carbocycles. The lowest BCUT2D eigenvalue weighted by Crippen LogP contribution is -2.54. The van der Waals surface area contributed by atoms with Gasteiger partial charge in [0.1, 0.15) is 6.04 Å². The lowest BCUT2D eigenvalue weighted by molar-refractivity contribution is -0.130. The number of carbonyl (C=O) groups excluding carboxylic acids is 2. The number of nitrogens with one attached hydrogen (secondary N) is 3. The van der Waals surface area contributed by atoms with Gasteiger partial charge in [-0.15, -0.1) is 0 Å². The highest BCUT2D eigenvalue weighted by molar-refractivity contribution is 5.97. The SMILES string of the molecule is CCCC(NC(=O)C1CNC1)C(=O)Nc1cccc(N2CCCC2)c1. The van der Waals surface area contributed by atoms with Crippen LogP contribution in [0.3, 0.4) is 0 Å². The first-order valence-corrected chi connectivity index (χ1v) is 9.34. The van der Waals surface area contributed by atoms with E-state index in [0.29, 0.717) is 19.5 Å². The van der Waals surface area contributed by atoms with Gasteiger partial charge in [-0.25, -0.2) is 0 Å². The average molecular weight is 344 g/mol. The molecule has 1 atom stereocenters. The minimum atomic E-state index is -0.478. The molecule has 3 rings (SSSR count). The second-order valence-corrected chi connectivity index (χ2v) is 6.94. The Labute approximate surface area is 149 Å². The summed E-state index contributed by atoms with van der Waals surface area (Å²) in [5.74, 6) is -0.176. The normalized spacial score (nSPS) is 18.5. The minimum absolute atomic E-state index is 0.00866. The smallest absolute Gasteiger partial charge is 0.246 e. The molecule has 2 aliphatic heterocycles. The Morgan fingerprint density at radius 2 is 2.04 bits per heavy atom. The molecule has 2 amide bonds. The maximum Gasteiger partial charge on any atom is 0.246 e. The zero-order chi connectivity index (χ0) is 17.6. The maximum absolute atomic E-state index is 12.6. The van der Waals surface area contributed by atoms with Gasteiger partial charge in [0, 0.05) is 37.6 Å². The number of rotatable bonds is 7. The van der Waals surface area contributed by atoms with Crippen LogP contribution in [0.4, 0.5) is 11.4 Å². The fourth-order valence-electron chi connectivity index (χ4n) is 3.31. The van der Waals surface area contributed by atoms with E-state index >= 15 is 0 Å². The zero-order valence-corrected chi connectivity index (χ0v) is 14.9. The molecular weight excluding hydrogens is 316 g/mol. The zero-order valence-electron chi connectivity index (χ0n) is 14.9. The van der Waals surface area contributed by atoms with E-state index in [1.54, 1.807) is 0 Å². The Balaban J connectivity index is 1.61. The summed E-state index contributed by atoms with van der Waals surface area (Å²) in [4.78, 5) is 27.1. The van der Waals surface area contributed by atoms with E-state index < -0.39 is 6.04 Å². The first kappa shape index (κ1) is 17.7. The molecule has 1 aromatic carbocycles. The summed E-state index contributed by atoms with van der Waals surface area (Å²) in [6, 6.07) is 7.49. The number of amides is 2. The van der Waals surface area contributed by atoms with Crippen molar-refractivity contribution < 1.29 is 9.59 Å². The first-order valence-electron chi connectivity index (χ1n) is 9.34. The number of carbonyl (C=O) groups is 2. The van der Waals surface area contributed by atoms with Gasteiger partial charge in [0.2, 0.25) is 11.8 Å². The van der Waals surface area contributed by atoms with Crippen molar-refractivity contribution in [2.24, 2.45) is 5.92 Å². The molecule has 25 heavy (non-hydrogen) atoms. The molecule has 0 aromatic heterocycles. The van der Waals surface area contributed by atoms with Crippen molar-refractivity contribution in [2.75, 3.05) is 36.4 Å². The van der Waals surface area contributed by atoms with Gasteiger partial charge in [-0.05, 0) is 37.5 Å². The van der Waals surface area contributed by atoms with Gasteiger partial charge in [-0.1, -0.05) is 19.4 Å². The van der Waals surface area contributed by atoms with Crippen LogP contribution in [-0.2, 0) is 9.59 Å². The van der Waals surface area contributed by atoms with Gasteiger partial charge in [-0.3, -0.25) is 9.59 Å². The first-order chi connectivity index (χ1) is 12.2. The molecule has 2 aliphatic rings. The van der Waals surface area contributed by atoms with E-state index in [4.69, 9.17) is 0 Å².